The van der Waals surface area contributed by atoms with Gasteiger partial charge in [-0.1, -0.05) is 13.3 Å². The van der Waals surface area contributed by atoms with Crippen LogP contribution in [0.2, 0.25) is 0 Å². The number of aromatic nitrogens is 2. The summed E-state index contributed by atoms with van der Waals surface area (Å²) < 4.78 is 26.8. The van der Waals surface area contributed by atoms with Crippen molar-refractivity contribution in [3.63, 3.8) is 0 Å². The first kappa shape index (κ1) is 14.4. The van der Waals surface area contributed by atoms with Crippen LogP contribution >= 0.6 is 0 Å². The van der Waals surface area contributed by atoms with Crippen LogP contribution in [0.15, 0.2) is 24.5 Å². The van der Waals surface area contributed by atoms with E-state index in [0.717, 1.165) is 36.8 Å². The van der Waals surface area contributed by atoms with E-state index in [1.54, 1.807) is 0 Å². The number of halogens is 2. The van der Waals surface area contributed by atoms with E-state index in [9.17, 15) is 8.78 Å². The van der Waals surface area contributed by atoms with Crippen LogP contribution in [0.3, 0.4) is 0 Å². The molecule has 106 valence electrons. The highest BCUT2D eigenvalue weighted by Crippen LogP contribution is 2.28. The largest absolute Gasteiger partial charge is 0.370 e. The second kappa shape index (κ2) is 6.41. The molecular formula is C15H17F2N3. The Morgan fingerprint density at radius 2 is 1.75 bits per heavy atom. The minimum absolute atomic E-state index is 0.438. The fraction of sp³-hybridized carbons (Fsp3) is 0.333. The smallest absolute Gasteiger partial charge is 0.133 e. The van der Waals surface area contributed by atoms with E-state index in [0.29, 0.717) is 11.3 Å². The maximum atomic E-state index is 13.4. The molecule has 0 aliphatic rings. The van der Waals surface area contributed by atoms with Crippen LogP contribution in [0.1, 0.15) is 25.8 Å². The van der Waals surface area contributed by atoms with Crippen molar-refractivity contribution in [1.82, 2.24) is 9.97 Å². The Bertz CT molecular complexity index is 579. The number of nitrogens with one attached hydrogen (secondary N) is 1. The van der Waals surface area contributed by atoms with Gasteiger partial charge in [-0.05, 0) is 25.5 Å². The first-order valence-electron chi connectivity index (χ1n) is 6.69. The van der Waals surface area contributed by atoms with Gasteiger partial charge in [-0.3, -0.25) is 0 Å². The van der Waals surface area contributed by atoms with E-state index in [1.807, 2.05) is 13.8 Å². The molecule has 0 saturated carbocycles. The molecule has 2 aromatic rings. The quantitative estimate of drug-likeness (QED) is 0.903. The highest BCUT2D eigenvalue weighted by atomic mass is 19.1. The molecule has 0 bridgehead atoms. The van der Waals surface area contributed by atoms with E-state index < -0.39 is 11.6 Å². The van der Waals surface area contributed by atoms with Crippen molar-refractivity contribution in [3.05, 3.63) is 41.7 Å². The molecule has 1 aromatic heterocycles. The molecule has 0 radical (unpaired) electrons. The van der Waals surface area contributed by atoms with Crippen LogP contribution < -0.4 is 5.32 Å². The zero-order valence-electron chi connectivity index (χ0n) is 11.6. The van der Waals surface area contributed by atoms with Crippen molar-refractivity contribution >= 4 is 5.82 Å². The van der Waals surface area contributed by atoms with Crippen molar-refractivity contribution in [2.75, 3.05) is 11.9 Å². The van der Waals surface area contributed by atoms with Crippen LogP contribution in [-0.2, 0) is 6.42 Å². The Morgan fingerprint density at radius 1 is 1.05 bits per heavy atom. The van der Waals surface area contributed by atoms with E-state index in [1.165, 1.54) is 18.5 Å². The number of hydrogen-bond acceptors (Lipinski definition) is 3. The van der Waals surface area contributed by atoms with Gasteiger partial charge >= 0.3 is 0 Å². The summed E-state index contributed by atoms with van der Waals surface area (Å²) in [5.74, 6) is -0.485. The molecule has 0 saturated heterocycles. The van der Waals surface area contributed by atoms with E-state index in [2.05, 4.69) is 15.3 Å². The van der Waals surface area contributed by atoms with E-state index >= 15 is 0 Å². The van der Waals surface area contributed by atoms with Gasteiger partial charge in [0.15, 0.2) is 0 Å². The zero-order chi connectivity index (χ0) is 14.5. The van der Waals surface area contributed by atoms with Crippen LogP contribution in [-0.4, -0.2) is 16.5 Å². The van der Waals surface area contributed by atoms with E-state index in [-0.39, 0.29) is 0 Å². The summed E-state index contributed by atoms with van der Waals surface area (Å²) in [5, 5.41) is 3.16. The monoisotopic (exact) mass is 277 g/mol. The lowest BCUT2D eigenvalue weighted by molar-refractivity contribution is 0.584. The van der Waals surface area contributed by atoms with Gasteiger partial charge in [-0.2, -0.15) is 0 Å². The van der Waals surface area contributed by atoms with Gasteiger partial charge in [-0.15, -0.1) is 0 Å². The molecule has 0 atom stereocenters. The van der Waals surface area contributed by atoms with Gasteiger partial charge in [0.25, 0.3) is 0 Å². The maximum absolute atomic E-state index is 13.4. The number of anilines is 1. The summed E-state index contributed by atoms with van der Waals surface area (Å²) >= 11 is 0. The van der Waals surface area contributed by atoms with Crippen molar-refractivity contribution in [2.45, 2.75) is 26.7 Å². The topological polar surface area (TPSA) is 37.8 Å². The fourth-order valence-corrected chi connectivity index (χ4v) is 2.16. The Hall–Kier alpha value is -2.04. The lowest BCUT2D eigenvalue weighted by Crippen LogP contribution is -2.06. The summed E-state index contributed by atoms with van der Waals surface area (Å²) in [4.78, 5) is 8.42. The second-order valence-corrected chi connectivity index (χ2v) is 4.49. The molecule has 3 nitrogen and oxygen atoms in total. The third-order valence-electron chi connectivity index (χ3n) is 2.93. The maximum Gasteiger partial charge on any atom is 0.133 e. The van der Waals surface area contributed by atoms with Crippen molar-refractivity contribution in [1.29, 1.82) is 0 Å². The number of rotatable bonds is 5. The van der Waals surface area contributed by atoms with Gasteiger partial charge in [0.05, 0.1) is 5.69 Å². The zero-order valence-corrected chi connectivity index (χ0v) is 11.6. The van der Waals surface area contributed by atoms with Crippen LogP contribution in [0.25, 0.3) is 11.3 Å². The Labute approximate surface area is 117 Å². The fourth-order valence-electron chi connectivity index (χ4n) is 2.16. The van der Waals surface area contributed by atoms with Gasteiger partial charge in [-0.25, -0.2) is 18.7 Å². The number of hydrogen-bond donors (Lipinski definition) is 1. The molecular weight excluding hydrogens is 260 g/mol. The molecule has 0 fully saturated rings. The predicted octanol–water partition coefficient (Wildman–Crippen LogP) is 3.81. The van der Waals surface area contributed by atoms with Crippen LogP contribution in [0.5, 0.6) is 0 Å². The third-order valence-corrected chi connectivity index (χ3v) is 2.93. The number of benzene rings is 1. The predicted molar refractivity (Wildman–Crippen MR) is 75.5 cm³/mol. The molecule has 0 spiro atoms. The molecule has 0 amide bonds. The molecule has 0 aliphatic carbocycles. The highest BCUT2D eigenvalue weighted by Gasteiger charge is 2.13. The first-order valence-corrected chi connectivity index (χ1v) is 6.69. The average Bonchev–Trinajstić information content (AvgIpc) is 2.40. The normalized spacial score (nSPS) is 10.6. The molecule has 20 heavy (non-hydrogen) atoms. The highest BCUT2D eigenvalue weighted by molar-refractivity contribution is 5.68. The van der Waals surface area contributed by atoms with Gasteiger partial charge in [0, 0.05) is 23.7 Å². The number of nitrogens with zero attached hydrogens (tertiary/aromatic N) is 2. The molecule has 1 aromatic carbocycles. The van der Waals surface area contributed by atoms with Gasteiger partial charge in [0.2, 0.25) is 0 Å². The Morgan fingerprint density at radius 3 is 2.35 bits per heavy atom. The van der Waals surface area contributed by atoms with Crippen molar-refractivity contribution < 1.29 is 8.78 Å². The molecule has 5 heteroatoms. The van der Waals surface area contributed by atoms with Gasteiger partial charge < -0.3 is 5.32 Å². The Balaban J connectivity index is 2.56. The van der Waals surface area contributed by atoms with Gasteiger partial charge in [0.1, 0.15) is 23.8 Å². The summed E-state index contributed by atoms with van der Waals surface area (Å²) in [6.45, 7) is 4.74. The SMILES string of the molecule is CCCc1c(NCC)ncnc1-c1cc(F)cc(F)c1. The van der Waals surface area contributed by atoms with Crippen molar-refractivity contribution in [3.8, 4) is 11.3 Å². The summed E-state index contributed by atoms with van der Waals surface area (Å²) in [6.07, 6.45) is 3.06. The average molecular weight is 277 g/mol. The van der Waals surface area contributed by atoms with Crippen LogP contribution in [0.4, 0.5) is 14.6 Å². The lowest BCUT2D eigenvalue weighted by atomic mass is 10.0. The second-order valence-electron chi connectivity index (χ2n) is 4.49. The first-order chi connectivity index (χ1) is 9.65. The summed E-state index contributed by atoms with van der Waals surface area (Å²) in [5.41, 5.74) is 1.91. The minimum atomic E-state index is -0.605. The van der Waals surface area contributed by atoms with Crippen molar-refractivity contribution in [2.24, 2.45) is 0 Å². The minimum Gasteiger partial charge on any atom is -0.370 e. The summed E-state index contributed by atoms with van der Waals surface area (Å²) in [6, 6.07) is 3.44. The standard InChI is InChI=1S/C15H17F2N3/c1-3-5-13-14(19-9-20-15(13)18-4-2)10-6-11(16)8-12(17)7-10/h6-9H,3-5H2,1-2H3,(H,18,19,20). The molecule has 1 heterocycles. The van der Waals surface area contributed by atoms with E-state index in [4.69, 9.17) is 0 Å². The van der Waals surface area contributed by atoms with Crippen LogP contribution in [0, 0.1) is 11.6 Å². The molecule has 0 unspecified atom stereocenters. The third kappa shape index (κ3) is 3.10. The summed E-state index contributed by atoms with van der Waals surface area (Å²) in [7, 11) is 0. The lowest BCUT2D eigenvalue weighted by Gasteiger charge is -2.13. The molecule has 1 N–H and O–H groups in total. The Kier molecular flexibility index (Phi) is 4.61. The molecule has 0 aliphatic heterocycles. The molecule has 2 rings (SSSR count).